The van der Waals surface area contributed by atoms with Crippen LogP contribution >= 0.6 is 0 Å². The lowest BCUT2D eigenvalue weighted by atomic mass is 10.2. The lowest BCUT2D eigenvalue weighted by molar-refractivity contribution is 0.302. The van der Waals surface area contributed by atoms with Crippen molar-refractivity contribution in [2.24, 2.45) is 0 Å². The molecule has 1 nitrogen and oxygen atoms in total. The number of hydrogen-bond donors (Lipinski definition) is 1. The lowest BCUT2D eigenvalue weighted by Gasteiger charge is -1.84. The Labute approximate surface area is 90.8 Å². The summed E-state index contributed by atoms with van der Waals surface area (Å²) >= 11 is 0. The molecule has 0 aromatic heterocycles. The minimum absolute atomic E-state index is 0.194. The predicted molar refractivity (Wildman–Crippen MR) is 63.3 cm³/mol. The zero-order valence-corrected chi connectivity index (χ0v) is 8.56. The first-order chi connectivity index (χ1) is 7.43. The van der Waals surface area contributed by atoms with Gasteiger partial charge in [-0.15, -0.1) is 0 Å². The topological polar surface area (TPSA) is 20.2 Å². The van der Waals surface area contributed by atoms with E-state index in [1.54, 1.807) is 6.08 Å². The summed E-state index contributed by atoms with van der Waals surface area (Å²) in [5.41, 5.74) is 1.02. The molecular formula is C14H14O. The maximum absolute atomic E-state index is 8.51. The molecule has 0 saturated heterocycles. The lowest BCUT2D eigenvalue weighted by Crippen LogP contribution is -1.73. The molecule has 0 saturated carbocycles. The number of rotatable bonds is 3. The number of benzene rings is 1. The molecule has 0 radical (unpaired) electrons. The SMILES string of the molecule is OCC/C=C/C=C/C#Cc1ccccc1. The van der Waals surface area contributed by atoms with Crippen molar-refractivity contribution in [2.45, 2.75) is 6.42 Å². The van der Waals surface area contributed by atoms with E-state index >= 15 is 0 Å². The second-order valence-electron chi connectivity index (χ2n) is 2.93. The van der Waals surface area contributed by atoms with Crippen molar-refractivity contribution in [3.8, 4) is 11.8 Å². The van der Waals surface area contributed by atoms with Crippen molar-refractivity contribution in [3.05, 3.63) is 60.2 Å². The first-order valence-corrected chi connectivity index (χ1v) is 4.92. The Kier molecular flexibility index (Phi) is 5.73. The van der Waals surface area contributed by atoms with Crippen LogP contribution in [0, 0.1) is 11.8 Å². The third-order valence-corrected chi connectivity index (χ3v) is 1.71. The molecule has 0 fully saturated rings. The molecular weight excluding hydrogens is 184 g/mol. The molecule has 0 unspecified atom stereocenters. The van der Waals surface area contributed by atoms with Crippen molar-refractivity contribution in [3.63, 3.8) is 0 Å². The number of hydrogen-bond acceptors (Lipinski definition) is 1. The second-order valence-corrected chi connectivity index (χ2v) is 2.93. The molecule has 0 aliphatic carbocycles. The van der Waals surface area contributed by atoms with E-state index in [0.717, 1.165) is 5.56 Å². The van der Waals surface area contributed by atoms with Crippen LogP contribution in [0.3, 0.4) is 0 Å². The highest BCUT2D eigenvalue weighted by Crippen LogP contribution is 1.94. The zero-order chi connectivity index (χ0) is 10.8. The van der Waals surface area contributed by atoms with E-state index in [-0.39, 0.29) is 6.61 Å². The first-order valence-electron chi connectivity index (χ1n) is 4.92. The Balaban J connectivity index is 2.40. The molecule has 1 aromatic carbocycles. The fraction of sp³-hybridized carbons (Fsp3) is 0.143. The highest BCUT2D eigenvalue weighted by Gasteiger charge is 1.78. The summed E-state index contributed by atoms with van der Waals surface area (Å²) in [6, 6.07) is 9.85. The van der Waals surface area contributed by atoms with E-state index in [1.807, 2.05) is 48.6 Å². The molecule has 76 valence electrons. The molecule has 1 aromatic rings. The van der Waals surface area contributed by atoms with Gasteiger partial charge >= 0.3 is 0 Å². The van der Waals surface area contributed by atoms with Crippen LogP contribution in [0.1, 0.15) is 12.0 Å². The number of aliphatic hydroxyl groups is 1. The Morgan fingerprint density at radius 1 is 1.13 bits per heavy atom. The maximum atomic E-state index is 8.51. The normalized spacial score (nSPS) is 10.5. The van der Waals surface area contributed by atoms with Crippen molar-refractivity contribution < 1.29 is 5.11 Å². The quantitative estimate of drug-likeness (QED) is 0.584. The van der Waals surface area contributed by atoms with Gasteiger partial charge in [-0.05, 0) is 24.6 Å². The Hall–Kier alpha value is -1.78. The standard InChI is InChI=1S/C14H14O/c15-13-9-4-2-1-3-6-10-14-11-7-5-8-12-14/h1-5,7-8,11-12,15H,9,13H2/b3-1+,4-2+. The molecule has 15 heavy (non-hydrogen) atoms. The van der Waals surface area contributed by atoms with Gasteiger partial charge in [0.05, 0.1) is 0 Å². The van der Waals surface area contributed by atoms with Crippen LogP contribution < -0.4 is 0 Å². The molecule has 1 heteroatoms. The van der Waals surface area contributed by atoms with E-state index in [2.05, 4.69) is 11.8 Å². The van der Waals surface area contributed by atoms with Crippen LogP contribution in [-0.4, -0.2) is 11.7 Å². The van der Waals surface area contributed by atoms with Gasteiger partial charge in [0, 0.05) is 12.2 Å². The van der Waals surface area contributed by atoms with Gasteiger partial charge in [0.25, 0.3) is 0 Å². The molecule has 1 N–H and O–H groups in total. The maximum Gasteiger partial charge on any atom is 0.0465 e. The summed E-state index contributed by atoms with van der Waals surface area (Å²) in [5, 5.41) is 8.51. The highest BCUT2D eigenvalue weighted by molar-refractivity contribution is 5.36. The van der Waals surface area contributed by atoms with Gasteiger partial charge in [-0.3, -0.25) is 0 Å². The van der Waals surface area contributed by atoms with Crippen LogP contribution in [0.25, 0.3) is 0 Å². The molecule has 1 rings (SSSR count). The summed E-state index contributed by atoms with van der Waals surface area (Å²) in [6.45, 7) is 0.194. The van der Waals surface area contributed by atoms with Gasteiger partial charge in [0.2, 0.25) is 0 Å². The summed E-state index contributed by atoms with van der Waals surface area (Å²) in [6.07, 6.45) is 8.14. The number of aliphatic hydroxyl groups excluding tert-OH is 1. The smallest absolute Gasteiger partial charge is 0.0465 e. The molecule has 0 atom stereocenters. The molecule has 0 spiro atoms. The van der Waals surface area contributed by atoms with Crippen molar-refractivity contribution in [2.75, 3.05) is 6.61 Å². The van der Waals surface area contributed by atoms with E-state index in [0.29, 0.717) is 6.42 Å². The Morgan fingerprint density at radius 3 is 2.67 bits per heavy atom. The molecule has 0 heterocycles. The van der Waals surface area contributed by atoms with E-state index < -0.39 is 0 Å². The van der Waals surface area contributed by atoms with Crippen LogP contribution in [0.5, 0.6) is 0 Å². The van der Waals surface area contributed by atoms with E-state index in [4.69, 9.17) is 5.11 Å². The minimum Gasteiger partial charge on any atom is -0.396 e. The third-order valence-electron chi connectivity index (χ3n) is 1.71. The molecule has 0 amide bonds. The summed E-state index contributed by atoms with van der Waals surface area (Å²) in [5.74, 6) is 5.95. The van der Waals surface area contributed by atoms with Gasteiger partial charge in [0.1, 0.15) is 0 Å². The molecule has 0 aliphatic heterocycles. The largest absolute Gasteiger partial charge is 0.396 e. The van der Waals surface area contributed by atoms with Crippen LogP contribution in [0.15, 0.2) is 54.6 Å². The van der Waals surface area contributed by atoms with Gasteiger partial charge < -0.3 is 5.11 Å². The van der Waals surface area contributed by atoms with Gasteiger partial charge in [0.15, 0.2) is 0 Å². The Bertz CT molecular complexity index is 377. The third kappa shape index (κ3) is 5.51. The fourth-order valence-electron chi connectivity index (χ4n) is 0.999. The zero-order valence-electron chi connectivity index (χ0n) is 8.56. The van der Waals surface area contributed by atoms with E-state index in [1.165, 1.54) is 0 Å². The second kappa shape index (κ2) is 7.61. The predicted octanol–water partition coefficient (Wildman–Crippen LogP) is 2.53. The van der Waals surface area contributed by atoms with Gasteiger partial charge in [-0.1, -0.05) is 48.3 Å². The number of allylic oxidation sites excluding steroid dienone is 3. The molecule has 0 aliphatic rings. The average Bonchev–Trinajstić information content (AvgIpc) is 2.29. The van der Waals surface area contributed by atoms with Crippen molar-refractivity contribution >= 4 is 0 Å². The summed E-state index contributed by atoms with van der Waals surface area (Å²) < 4.78 is 0. The van der Waals surface area contributed by atoms with Crippen LogP contribution in [-0.2, 0) is 0 Å². The average molecular weight is 198 g/mol. The van der Waals surface area contributed by atoms with Crippen LogP contribution in [0.4, 0.5) is 0 Å². The summed E-state index contributed by atoms with van der Waals surface area (Å²) in [4.78, 5) is 0. The summed E-state index contributed by atoms with van der Waals surface area (Å²) in [7, 11) is 0. The van der Waals surface area contributed by atoms with Gasteiger partial charge in [-0.2, -0.15) is 0 Å². The molecule has 0 bridgehead atoms. The van der Waals surface area contributed by atoms with E-state index in [9.17, 15) is 0 Å². The fourth-order valence-corrected chi connectivity index (χ4v) is 0.999. The first kappa shape index (κ1) is 11.3. The highest BCUT2D eigenvalue weighted by atomic mass is 16.2. The monoisotopic (exact) mass is 198 g/mol. The Morgan fingerprint density at radius 2 is 1.93 bits per heavy atom. The van der Waals surface area contributed by atoms with Crippen molar-refractivity contribution in [1.29, 1.82) is 0 Å². The minimum atomic E-state index is 0.194. The van der Waals surface area contributed by atoms with Crippen molar-refractivity contribution in [1.82, 2.24) is 0 Å². The van der Waals surface area contributed by atoms with Gasteiger partial charge in [-0.25, -0.2) is 0 Å². The van der Waals surface area contributed by atoms with Crippen LogP contribution in [0.2, 0.25) is 0 Å².